The van der Waals surface area contributed by atoms with Gasteiger partial charge in [0, 0.05) is 17.8 Å². The molecule has 2 aliphatic rings. The molecule has 0 saturated heterocycles. The number of ketones is 1. The van der Waals surface area contributed by atoms with Crippen LogP contribution in [-0.4, -0.2) is 5.78 Å². The summed E-state index contributed by atoms with van der Waals surface area (Å²) in [5.41, 5.74) is -0.218. The van der Waals surface area contributed by atoms with Gasteiger partial charge in [0.15, 0.2) is 0 Å². The lowest BCUT2D eigenvalue weighted by Gasteiger charge is -2.50. The molecule has 0 aliphatic heterocycles. The van der Waals surface area contributed by atoms with Gasteiger partial charge in [0.1, 0.15) is 10.3 Å². The van der Waals surface area contributed by atoms with E-state index in [4.69, 9.17) is 34.8 Å². The topological polar surface area (TPSA) is 17.1 Å². The maximum atomic E-state index is 11.8. The van der Waals surface area contributed by atoms with Gasteiger partial charge in [-0.2, -0.15) is 0 Å². The Morgan fingerprint density at radius 1 is 1.13 bits per heavy atom. The van der Waals surface area contributed by atoms with Crippen LogP contribution in [0.15, 0.2) is 9.52 Å². The van der Waals surface area contributed by atoms with E-state index in [1.54, 1.807) is 0 Å². The van der Waals surface area contributed by atoms with E-state index in [0.29, 0.717) is 17.2 Å². The first-order valence-electron chi connectivity index (χ1n) is 5.32. The van der Waals surface area contributed by atoms with Crippen molar-refractivity contribution in [3.63, 3.8) is 0 Å². The van der Waals surface area contributed by atoms with Crippen molar-refractivity contribution in [2.45, 2.75) is 38.5 Å². The van der Waals surface area contributed by atoms with Gasteiger partial charge in [-0.3, -0.25) is 4.79 Å². The highest BCUT2D eigenvalue weighted by molar-refractivity contribution is 6.59. The highest BCUT2D eigenvalue weighted by atomic mass is 35.5. The van der Waals surface area contributed by atoms with Crippen molar-refractivity contribution < 1.29 is 4.79 Å². The molecule has 2 aliphatic carbocycles. The minimum absolute atomic E-state index is 0.0805. The van der Waals surface area contributed by atoms with E-state index in [9.17, 15) is 4.79 Å². The molecule has 15 heavy (non-hydrogen) atoms. The van der Waals surface area contributed by atoms with Crippen molar-refractivity contribution in [1.82, 2.24) is 0 Å². The maximum Gasteiger partial charge on any atom is 0.140 e. The Labute approximate surface area is 105 Å². The molecule has 0 N–H and O–H groups in total. The summed E-state index contributed by atoms with van der Waals surface area (Å²) in [4.78, 5) is 11.8. The Morgan fingerprint density at radius 2 is 1.73 bits per heavy atom. The van der Waals surface area contributed by atoms with Crippen molar-refractivity contribution in [1.29, 1.82) is 0 Å². The molecule has 0 heterocycles. The molecule has 0 aromatic carbocycles. The Kier molecular flexibility index (Phi) is 3.35. The first kappa shape index (κ1) is 11.8. The van der Waals surface area contributed by atoms with E-state index < -0.39 is 0 Å². The molecular formula is C11H13Cl3O. The molecule has 4 heteroatoms. The summed E-state index contributed by atoms with van der Waals surface area (Å²) < 4.78 is 0.124. The lowest BCUT2D eigenvalue weighted by atomic mass is 9.53. The van der Waals surface area contributed by atoms with Gasteiger partial charge in [0.25, 0.3) is 0 Å². The van der Waals surface area contributed by atoms with Gasteiger partial charge in [-0.15, -0.1) is 0 Å². The quantitative estimate of drug-likeness (QED) is 0.688. The lowest BCUT2D eigenvalue weighted by molar-refractivity contribution is -0.146. The second-order valence-corrected chi connectivity index (χ2v) is 5.86. The summed E-state index contributed by atoms with van der Waals surface area (Å²) in [7, 11) is 0. The van der Waals surface area contributed by atoms with Crippen molar-refractivity contribution in [2.75, 3.05) is 0 Å². The molecule has 2 saturated carbocycles. The van der Waals surface area contributed by atoms with E-state index in [1.807, 2.05) is 0 Å². The molecule has 2 fully saturated rings. The number of allylic oxidation sites excluding steroid dienone is 1. The van der Waals surface area contributed by atoms with Crippen LogP contribution >= 0.6 is 34.8 Å². The minimum atomic E-state index is -0.218. The summed E-state index contributed by atoms with van der Waals surface area (Å²) in [5.74, 6) is 0.428. The third-order valence-electron chi connectivity index (χ3n) is 3.84. The standard InChI is InChI=1S/C11H13Cl3O/c12-9(10(13)14)7-6-8(15)11(7)4-2-1-3-5-11/h7H,1-6H2. The van der Waals surface area contributed by atoms with Gasteiger partial charge in [-0.05, 0) is 12.8 Å². The van der Waals surface area contributed by atoms with Gasteiger partial charge >= 0.3 is 0 Å². The second-order valence-electron chi connectivity index (χ2n) is 4.51. The summed E-state index contributed by atoms with van der Waals surface area (Å²) in [6, 6.07) is 0. The van der Waals surface area contributed by atoms with Crippen LogP contribution in [0.25, 0.3) is 0 Å². The van der Waals surface area contributed by atoms with Crippen LogP contribution in [0.2, 0.25) is 0 Å². The number of carbonyl (C=O) groups excluding carboxylic acids is 1. The zero-order chi connectivity index (χ0) is 11.1. The van der Waals surface area contributed by atoms with Gasteiger partial charge in [-0.1, -0.05) is 54.1 Å². The molecule has 0 amide bonds. The van der Waals surface area contributed by atoms with Crippen molar-refractivity contribution in [2.24, 2.45) is 11.3 Å². The first-order valence-corrected chi connectivity index (χ1v) is 6.45. The zero-order valence-electron chi connectivity index (χ0n) is 8.36. The smallest absolute Gasteiger partial charge is 0.140 e. The van der Waals surface area contributed by atoms with Crippen LogP contribution in [0.4, 0.5) is 0 Å². The average molecular weight is 268 g/mol. The number of hydrogen-bond donors (Lipinski definition) is 0. The molecule has 0 bridgehead atoms. The van der Waals surface area contributed by atoms with E-state index in [0.717, 1.165) is 25.7 Å². The van der Waals surface area contributed by atoms with E-state index >= 15 is 0 Å². The van der Waals surface area contributed by atoms with Crippen LogP contribution in [0.3, 0.4) is 0 Å². The minimum Gasteiger partial charge on any atom is -0.299 e. The number of carbonyl (C=O) groups is 1. The molecular weight excluding hydrogens is 254 g/mol. The predicted octanol–water partition coefficient (Wildman–Crippen LogP) is 4.41. The van der Waals surface area contributed by atoms with Crippen LogP contribution in [0, 0.1) is 11.3 Å². The van der Waals surface area contributed by atoms with E-state index in [-0.39, 0.29) is 15.8 Å². The highest BCUT2D eigenvalue weighted by Gasteiger charge is 2.55. The van der Waals surface area contributed by atoms with Gasteiger partial charge in [-0.25, -0.2) is 0 Å². The highest BCUT2D eigenvalue weighted by Crippen LogP contribution is 2.57. The summed E-state index contributed by atoms with van der Waals surface area (Å²) in [6.45, 7) is 0. The molecule has 1 atom stereocenters. The monoisotopic (exact) mass is 266 g/mol. The number of halogens is 3. The summed E-state index contributed by atoms with van der Waals surface area (Å²) in [5, 5.41) is 0.486. The number of Topliss-reactive ketones (excluding diaryl/α,β-unsaturated/α-hetero) is 1. The van der Waals surface area contributed by atoms with Crippen LogP contribution in [0.1, 0.15) is 38.5 Å². The average Bonchev–Trinajstić information content (AvgIpc) is 2.26. The third kappa shape index (κ3) is 1.83. The molecule has 0 aromatic rings. The zero-order valence-corrected chi connectivity index (χ0v) is 10.6. The fourth-order valence-corrected chi connectivity index (χ4v) is 3.47. The summed E-state index contributed by atoms with van der Waals surface area (Å²) in [6.07, 6.45) is 5.87. The SMILES string of the molecule is O=C1CC(C(Cl)=C(Cl)Cl)C12CCCCC2. The fourth-order valence-electron chi connectivity index (χ4n) is 2.92. The Balaban J connectivity index is 2.22. The summed E-state index contributed by atoms with van der Waals surface area (Å²) >= 11 is 17.4. The van der Waals surface area contributed by atoms with Crippen LogP contribution in [0.5, 0.6) is 0 Å². The molecule has 84 valence electrons. The van der Waals surface area contributed by atoms with Crippen LogP contribution in [-0.2, 0) is 4.79 Å². The molecule has 0 radical (unpaired) electrons. The molecule has 2 rings (SSSR count). The number of rotatable bonds is 1. The van der Waals surface area contributed by atoms with Gasteiger partial charge in [0.2, 0.25) is 0 Å². The second kappa shape index (κ2) is 4.27. The Hall–Kier alpha value is 0.280. The Morgan fingerprint density at radius 3 is 2.20 bits per heavy atom. The van der Waals surface area contributed by atoms with Crippen molar-refractivity contribution >= 4 is 40.6 Å². The van der Waals surface area contributed by atoms with Crippen LogP contribution < -0.4 is 0 Å². The predicted molar refractivity (Wildman–Crippen MR) is 63.2 cm³/mol. The van der Waals surface area contributed by atoms with E-state index in [1.165, 1.54) is 6.42 Å². The molecule has 0 aromatic heterocycles. The maximum absolute atomic E-state index is 11.8. The lowest BCUT2D eigenvalue weighted by Crippen LogP contribution is -2.51. The largest absolute Gasteiger partial charge is 0.299 e. The Bertz CT molecular complexity index is 312. The first-order chi connectivity index (χ1) is 7.08. The van der Waals surface area contributed by atoms with Crippen molar-refractivity contribution in [3.05, 3.63) is 9.52 Å². The number of hydrogen-bond acceptors (Lipinski definition) is 1. The third-order valence-corrected chi connectivity index (χ3v) is 4.90. The fraction of sp³-hybridized carbons (Fsp3) is 0.727. The van der Waals surface area contributed by atoms with Gasteiger partial charge < -0.3 is 0 Å². The van der Waals surface area contributed by atoms with E-state index in [2.05, 4.69) is 0 Å². The van der Waals surface area contributed by atoms with Gasteiger partial charge in [0.05, 0.1) is 5.03 Å². The molecule has 1 nitrogen and oxygen atoms in total. The molecule has 1 unspecified atom stereocenters. The van der Waals surface area contributed by atoms with Crippen molar-refractivity contribution in [3.8, 4) is 0 Å². The normalized spacial score (nSPS) is 28.7. The molecule has 1 spiro atoms.